The van der Waals surface area contributed by atoms with E-state index in [1.165, 1.54) is 5.69 Å². The van der Waals surface area contributed by atoms with Crippen molar-refractivity contribution in [3.8, 4) is 0 Å². The summed E-state index contributed by atoms with van der Waals surface area (Å²) in [5.41, 5.74) is 2.31. The van der Waals surface area contributed by atoms with Gasteiger partial charge in [0.15, 0.2) is 4.67 Å². The van der Waals surface area contributed by atoms with Crippen molar-refractivity contribution in [3.05, 3.63) is 40.0 Å². The Labute approximate surface area is 122 Å². The van der Waals surface area contributed by atoms with Crippen LogP contribution in [0, 0.1) is 13.8 Å². The summed E-state index contributed by atoms with van der Waals surface area (Å²) in [5, 5.41) is 7.91. The average Bonchev–Trinajstić information content (AvgIpc) is 2.91. The van der Waals surface area contributed by atoms with E-state index >= 15 is 0 Å². The van der Waals surface area contributed by atoms with Crippen LogP contribution in [0.3, 0.4) is 0 Å². The molecule has 0 aromatic carbocycles. The lowest BCUT2D eigenvalue weighted by Gasteiger charge is -2.11. The van der Waals surface area contributed by atoms with Gasteiger partial charge in [-0.25, -0.2) is 0 Å². The highest BCUT2D eigenvalue weighted by atomic mass is 79.9. The molecule has 1 N–H and O–H groups in total. The van der Waals surface area contributed by atoms with Crippen LogP contribution in [-0.2, 0) is 6.54 Å². The summed E-state index contributed by atoms with van der Waals surface area (Å²) < 4.78 is 8.36. The van der Waals surface area contributed by atoms with Gasteiger partial charge >= 0.3 is 0 Å². The first-order valence-corrected chi connectivity index (χ1v) is 7.35. The van der Waals surface area contributed by atoms with Gasteiger partial charge < -0.3 is 9.73 Å². The lowest BCUT2D eigenvalue weighted by molar-refractivity contribution is 0.410. The van der Waals surface area contributed by atoms with E-state index in [1.54, 1.807) is 0 Å². The monoisotopic (exact) mass is 325 g/mol. The Morgan fingerprint density at radius 2 is 2.21 bits per heavy atom. The molecule has 0 saturated heterocycles. The summed E-state index contributed by atoms with van der Waals surface area (Å²) in [6.45, 7) is 8.11. The first-order valence-electron chi connectivity index (χ1n) is 6.56. The van der Waals surface area contributed by atoms with E-state index in [4.69, 9.17) is 4.42 Å². The molecule has 0 aliphatic carbocycles. The molecule has 1 atom stereocenters. The summed E-state index contributed by atoms with van der Waals surface area (Å²) in [6, 6.07) is 6.24. The summed E-state index contributed by atoms with van der Waals surface area (Å²) in [7, 11) is 0. The molecule has 19 heavy (non-hydrogen) atoms. The van der Waals surface area contributed by atoms with Crippen LogP contribution in [0.5, 0.6) is 0 Å². The quantitative estimate of drug-likeness (QED) is 0.825. The molecule has 5 heteroatoms. The van der Waals surface area contributed by atoms with Gasteiger partial charge in [0, 0.05) is 12.2 Å². The Kier molecular flexibility index (Phi) is 4.82. The second-order valence-electron chi connectivity index (χ2n) is 4.82. The molecule has 2 aromatic heterocycles. The van der Waals surface area contributed by atoms with Crippen molar-refractivity contribution in [1.29, 1.82) is 0 Å². The predicted molar refractivity (Wildman–Crippen MR) is 79.1 cm³/mol. The van der Waals surface area contributed by atoms with Crippen LogP contribution in [0.2, 0.25) is 0 Å². The molecular weight excluding hydrogens is 306 g/mol. The maximum atomic E-state index is 5.52. The average molecular weight is 326 g/mol. The minimum atomic E-state index is 0.228. The van der Waals surface area contributed by atoms with Crippen molar-refractivity contribution >= 4 is 15.9 Å². The topological polar surface area (TPSA) is 43.0 Å². The molecule has 2 rings (SSSR count). The number of aromatic nitrogens is 2. The van der Waals surface area contributed by atoms with Crippen LogP contribution in [0.4, 0.5) is 0 Å². The minimum Gasteiger partial charge on any atom is -0.453 e. The van der Waals surface area contributed by atoms with Gasteiger partial charge in [0.05, 0.1) is 11.7 Å². The molecule has 0 fully saturated rings. The van der Waals surface area contributed by atoms with Gasteiger partial charge in [0.2, 0.25) is 0 Å². The highest BCUT2D eigenvalue weighted by molar-refractivity contribution is 9.10. The summed E-state index contributed by atoms with van der Waals surface area (Å²) in [6.07, 6.45) is 1.05. The van der Waals surface area contributed by atoms with Crippen LogP contribution in [0.1, 0.15) is 36.5 Å². The maximum Gasteiger partial charge on any atom is 0.169 e. The second kappa shape index (κ2) is 6.39. The van der Waals surface area contributed by atoms with Gasteiger partial charge in [-0.2, -0.15) is 5.10 Å². The Morgan fingerprint density at radius 1 is 1.42 bits per heavy atom. The third kappa shape index (κ3) is 3.94. The number of aryl methyl sites for hydroxylation is 3. The van der Waals surface area contributed by atoms with E-state index in [0.29, 0.717) is 0 Å². The van der Waals surface area contributed by atoms with Gasteiger partial charge in [-0.3, -0.25) is 4.68 Å². The zero-order valence-electron chi connectivity index (χ0n) is 11.6. The zero-order valence-corrected chi connectivity index (χ0v) is 13.2. The molecular formula is C14H20BrN3O. The van der Waals surface area contributed by atoms with E-state index in [0.717, 1.165) is 35.6 Å². The fraction of sp³-hybridized carbons (Fsp3) is 0.500. The molecule has 0 aliphatic heterocycles. The van der Waals surface area contributed by atoms with Crippen molar-refractivity contribution in [2.24, 2.45) is 0 Å². The van der Waals surface area contributed by atoms with Gasteiger partial charge in [-0.15, -0.1) is 0 Å². The SMILES string of the molecule is Cc1cc(C)n(CCCNC(C)c2ccc(Br)o2)n1. The van der Waals surface area contributed by atoms with Gasteiger partial charge in [0.25, 0.3) is 0 Å². The molecule has 0 spiro atoms. The van der Waals surface area contributed by atoms with E-state index in [9.17, 15) is 0 Å². The Bertz CT molecular complexity index is 533. The van der Waals surface area contributed by atoms with E-state index < -0.39 is 0 Å². The largest absolute Gasteiger partial charge is 0.453 e. The zero-order chi connectivity index (χ0) is 13.8. The molecule has 0 amide bonds. The molecule has 0 saturated carbocycles. The molecule has 0 bridgehead atoms. The smallest absolute Gasteiger partial charge is 0.169 e. The first-order chi connectivity index (χ1) is 9.06. The standard InChI is InChI=1S/C14H20BrN3O/c1-10-9-11(2)18(17-10)8-4-7-16-12(3)13-5-6-14(15)19-13/h5-6,9,12,16H,4,7-8H2,1-3H3. The summed E-state index contributed by atoms with van der Waals surface area (Å²) in [4.78, 5) is 0. The summed E-state index contributed by atoms with van der Waals surface area (Å²) in [5.74, 6) is 0.956. The van der Waals surface area contributed by atoms with Crippen LogP contribution in [-0.4, -0.2) is 16.3 Å². The minimum absolute atomic E-state index is 0.228. The predicted octanol–water partition coefficient (Wildman–Crippen LogP) is 3.60. The lowest BCUT2D eigenvalue weighted by atomic mass is 10.2. The number of hydrogen-bond donors (Lipinski definition) is 1. The normalized spacial score (nSPS) is 12.8. The third-order valence-electron chi connectivity index (χ3n) is 3.12. The third-order valence-corrected chi connectivity index (χ3v) is 3.55. The van der Waals surface area contributed by atoms with Crippen molar-refractivity contribution < 1.29 is 4.42 Å². The molecule has 4 nitrogen and oxygen atoms in total. The first kappa shape index (κ1) is 14.3. The molecule has 0 aliphatic rings. The fourth-order valence-electron chi connectivity index (χ4n) is 2.11. The van der Waals surface area contributed by atoms with E-state index in [2.05, 4.69) is 50.9 Å². The number of rotatable bonds is 6. The molecule has 2 aromatic rings. The number of nitrogens with one attached hydrogen (secondary N) is 1. The van der Waals surface area contributed by atoms with Gasteiger partial charge in [-0.1, -0.05) is 0 Å². The van der Waals surface area contributed by atoms with Crippen molar-refractivity contribution in [3.63, 3.8) is 0 Å². The van der Waals surface area contributed by atoms with Crippen LogP contribution >= 0.6 is 15.9 Å². The number of halogens is 1. The highest BCUT2D eigenvalue weighted by Crippen LogP contribution is 2.19. The second-order valence-corrected chi connectivity index (χ2v) is 5.60. The lowest BCUT2D eigenvalue weighted by Crippen LogP contribution is -2.21. The van der Waals surface area contributed by atoms with Crippen LogP contribution < -0.4 is 5.32 Å². The van der Waals surface area contributed by atoms with Crippen molar-refractivity contribution in [1.82, 2.24) is 15.1 Å². The van der Waals surface area contributed by atoms with E-state index in [1.807, 2.05) is 19.1 Å². The van der Waals surface area contributed by atoms with Crippen LogP contribution in [0.15, 0.2) is 27.3 Å². The summed E-state index contributed by atoms with van der Waals surface area (Å²) >= 11 is 3.32. The Balaban J connectivity index is 1.73. The Hall–Kier alpha value is -1.07. The molecule has 0 radical (unpaired) electrons. The highest BCUT2D eigenvalue weighted by Gasteiger charge is 2.08. The number of nitrogens with zero attached hydrogens (tertiary/aromatic N) is 2. The molecule has 2 heterocycles. The van der Waals surface area contributed by atoms with Gasteiger partial charge in [-0.05, 0) is 67.9 Å². The van der Waals surface area contributed by atoms with Crippen molar-refractivity contribution in [2.75, 3.05) is 6.54 Å². The fourth-order valence-corrected chi connectivity index (χ4v) is 2.43. The van der Waals surface area contributed by atoms with Gasteiger partial charge in [0.1, 0.15) is 5.76 Å². The van der Waals surface area contributed by atoms with Crippen LogP contribution in [0.25, 0.3) is 0 Å². The number of hydrogen-bond acceptors (Lipinski definition) is 3. The van der Waals surface area contributed by atoms with Crippen molar-refractivity contribution in [2.45, 2.75) is 39.8 Å². The molecule has 1 unspecified atom stereocenters. The number of furan rings is 1. The maximum absolute atomic E-state index is 5.52. The Morgan fingerprint density at radius 3 is 2.79 bits per heavy atom. The molecule has 104 valence electrons. The van der Waals surface area contributed by atoms with E-state index in [-0.39, 0.29) is 6.04 Å².